The van der Waals surface area contributed by atoms with Gasteiger partial charge < -0.3 is 0 Å². The number of carbonyl (C=O) groups is 1. The third kappa shape index (κ3) is 2.77. The van der Waals surface area contributed by atoms with Gasteiger partial charge in [-0.3, -0.25) is 19.1 Å². The van der Waals surface area contributed by atoms with Gasteiger partial charge in [0.2, 0.25) is 0 Å². The third-order valence-electron chi connectivity index (χ3n) is 3.35. The van der Waals surface area contributed by atoms with Gasteiger partial charge in [-0.1, -0.05) is 6.07 Å². The second-order valence-corrected chi connectivity index (χ2v) is 4.91. The summed E-state index contributed by atoms with van der Waals surface area (Å²) in [5, 5.41) is 0. The average molecular weight is 272 g/mol. The number of Topliss-reactive ketones (excluding diaryl/α,β-unsaturated/α-hetero) is 1. The summed E-state index contributed by atoms with van der Waals surface area (Å²) >= 11 is 0. The molecular weight excluding hydrogens is 256 g/mol. The van der Waals surface area contributed by atoms with Crippen LogP contribution in [0, 0.1) is 20.8 Å². The fraction of sp³-hybridized carbons (Fsp3) is 0.267. The highest BCUT2D eigenvalue weighted by atomic mass is 16.2. The first-order chi connectivity index (χ1) is 9.38. The lowest BCUT2D eigenvalue weighted by Gasteiger charge is -2.10. The molecule has 1 aromatic heterocycles. The maximum Gasteiger partial charge on any atom is 0.328 e. The minimum atomic E-state index is -0.577. The van der Waals surface area contributed by atoms with E-state index in [1.54, 1.807) is 0 Å². The van der Waals surface area contributed by atoms with Crippen molar-refractivity contribution in [3.63, 3.8) is 0 Å². The van der Waals surface area contributed by atoms with E-state index in [0.717, 1.165) is 16.7 Å². The van der Waals surface area contributed by atoms with E-state index >= 15 is 0 Å². The molecule has 0 radical (unpaired) electrons. The molecule has 5 heteroatoms. The van der Waals surface area contributed by atoms with Gasteiger partial charge in [-0.25, -0.2) is 4.79 Å². The standard InChI is InChI=1S/C15H16N2O3/c1-9-6-11(3)12(7-10(9)2)13(18)8-17-5-4-14(19)16-15(17)20/h4-7H,8H2,1-3H3,(H,16,19,20). The molecule has 0 aliphatic heterocycles. The predicted molar refractivity (Wildman–Crippen MR) is 76.3 cm³/mol. The summed E-state index contributed by atoms with van der Waals surface area (Å²) in [7, 11) is 0. The number of hydrogen-bond donors (Lipinski definition) is 1. The number of aromatic amines is 1. The molecule has 104 valence electrons. The second kappa shape index (κ2) is 5.28. The summed E-state index contributed by atoms with van der Waals surface area (Å²) in [6, 6.07) is 5.02. The van der Waals surface area contributed by atoms with Crippen molar-refractivity contribution in [2.24, 2.45) is 0 Å². The van der Waals surface area contributed by atoms with Crippen LogP contribution in [0.3, 0.4) is 0 Å². The summed E-state index contributed by atoms with van der Waals surface area (Å²) in [5.41, 5.74) is 2.60. The van der Waals surface area contributed by atoms with Crippen molar-refractivity contribution in [3.05, 3.63) is 67.5 Å². The monoisotopic (exact) mass is 272 g/mol. The average Bonchev–Trinajstić information content (AvgIpc) is 2.37. The molecule has 1 heterocycles. The highest BCUT2D eigenvalue weighted by molar-refractivity contribution is 5.97. The van der Waals surface area contributed by atoms with Crippen LogP contribution in [0.25, 0.3) is 0 Å². The minimum Gasteiger partial charge on any atom is -0.293 e. The molecule has 0 atom stereocenters. The van der Waals surface area contributed by atoms with Crippen LogP contribution in [-0.2, 0) is 6.54 Å². The van der Waals surface area contributed by atoms with E-state index in [1.807, 2.05) is 32.9 Å². The minimum absolute atomic E-state index is 0.0844. The normalized spacial score (nSPS) is 10.6. The van der Waals surface area contributed by atoms with Gasteiger partial charge in [0.1, 0.15) is 0 Å². The van der Waals surface area contributed by atoms with E-state index in [0.29, 0.717) is 5.56 Å². The van der Waals surface area contributed by atoms with E-state index in [-0.39, 0.29) is 12.3 Å². The van der Waals surface area contributed by atoms with E-state index in [4.69, 9.17) is 0 Å². The molecule has 1 aromatic carbocycles. The van der Waals surface area contributed by atoms with Crippen molar-refractivity contribution in [2.45, 2.75) is 27.3 Å². The largest absolute Gasteiger partial charge is 0.328 e. The molecular formula is C15H16N2O3. The molecule has 0 saturated carbocycles. The molecule has 0 fully saturated rings. The van der Waals surface area contributed by atoms with Crippen LogP contribution < -0.4 is 11.2 Å². The van der Waals surface area contributed by atoms with E-state index < -0.39 is 11.2 Å². The molecule has 0 aliphatic rings. The Morgan fingerprint density at radius 2 is 1.75 bits per heavy atom. The zero-order valence-electron chi connectivity index (χ0n) is 11.7. The molecule has 2 aromatic rings. The SMILES string of the molecule is Cc1cc(C)c(C(=O)Cn2ccc(=O)[nH]c2=O)cc1C. The van der Waals surface area contributed by atoms with Crippen molar-refractivity contribution in [1.82, 2.24) is 9.55 Å². The number of aromatic nitrogens is 2. The Kier molecular flexibility index (Phi) is 3.70. The molecule has 5 nitrogen and oxygen atoms in total. The Labute approximate surface area is 115 Å². The highest BCUT2D eigenvalue weighted by Crippen LogP contribution is 2.16. The lowest BCUT2D eigenvalue weighted by atomic mass is 9.98. The number of benzene rings is 1. The molecule has 0 saturated heterocycles. The first-order valence-corrected chi connectivity index (χ1v) is 6.29. The topological polar surface area (TPSA) is 71.9 Å². The van der Waals surface area contributed by atoms with Crippen molar-refractivity contribution >= 4 is 5.78 Å². The number of ketones is 1. The van der Waals surface area contributed by atoms with Gasteiger partial charge in [-0.05, 0) is 43.5 Å². The molecule has 0 spiro atoms. The van der Waals surface area contributed by atoms with Crippen LogP contribution in [0.1, 0.15) is 27.0 Å². The van der Waals surface area contributed by atoms with Crippen LogP contribution in [0.2, 0.25) is 0 Å². The molecule has 0 amide bonds. The summed E-state index contributed by atoms with van der Waals surface area (Å²) in [5.74, 6) is -0.153. The molecule has 0 bridgehead atoms. The van der Waals surface area contributed by atoms with Crippen molar-refractivity contribution < 1.29 is 4.79 Å². The third-order valence-corrected chi connectivity index (χ3v) is 3.35. The smallest absolute Gasteiger partial charge is 0.293 e. The number of hydrogen-bond acceptors (Lipinski definition) is 3. The Hall–Kier alpha value is -2.43. The van der Waals surface area contributed by atoms with Gasteiger partial charge in [0.05, 0.1) is 6.54 Å². The Bertz CT molecular complexity index is 784. The zero-order valence-corrected chi connectivity index (χ0v) is 11.7. The first-order valence-electron chi connectivity index (χ1n) is 6.29. The van der Waals surface area contributed by atoms with Gasteiger partial charge in [0.25, 0.3) is 5.56 Å². The maximum atomic E-state index is 12.3. The molecule has 2 rings (SSSR count). The van der Waals surface area contributed by atoms with E-state index in [2.05, 4.69) is 4.98 Å². The van der Waals surface area contributed by atoms with Gasteiger partial charge in [-0.15, -0.1) is 0 Å². The Morgan fingerprint density at radius 1 is 1.10 bits per heavy atom. The lowest BCUT2D eigenvalue weighted by Crippen LogP contribution is -2.31. The van der Waals surface area contributed by atoms with Crippen molar-refractivity contribution in [2.75, 3.05) is 0 Å². The number of rotatable bonds is 3. The number of carbonyl (C=O) groups excluding carboxylic acids is 1. The van der Waals surface area contributed by atoms with Crippen LogP contribution in [0.5, 0.6) is 0 Å². The van der Waals surface area contributed by atoms with Crippen LogP contribution in [-0.4, -0.2) is 15.3 Å². The maximum absolute atomic E-state index is 12.3. The first kappa shape index (κ1) is 14.0. The number of H-pyrrole nitrogens is 1. The summed E-state index contributed by atoms with van der Waals surface area (Å²) in [4.78, 5) is 37.0. The molecule has 1 N–H and O–H groups in total. The van der Waals surface area contributed by atoms with Crippen molar-refractivity contribution in [3.8, 4) is 0 Å². The Balaban J connectivity index is 2.35. The van der Waals surface area contributed by atoms with Crippen LogP contribution in [0.4, 0.5) is 0 Å². The number of aryl methyl sites for hydroxylation is 3. The van der Waals surface area contributed by atoms with Crippen LogP contribution in [0.15, 0.2) is 34.0 Å². The number of nitrogens with zero attached hydrogens (tertiary/aromatic N) is 1. The summed E-state index contributed by atoms with van der Waals surface area (Å²) in [6.07, 6.45) is 1.33. The van der Waals surface area contributed by atoms with Crippen molar-refractivity contribution in [1.29, 1.82) is 0 Å². The number of nitrogens with one attached hydrogen (secondary N) is 1. The molecule has 0 unspecified atom stereocenters. The van der Waals surface area contributed by atoms with E-state index in [9.17, 15) is 14.4 Å². The highest BCUT2D eigenvalue weighted by Gasteiger charge is 2.12. The molecule has 20 heavy (non-hydrogen) atoms. The van der Waals surface area contributed by atoms with Gasteiger partial charge in [0.15, 0.2) is 5.78 Å². The second-order valence-electron chi connectivity index (χ2n) is 4.91. The van der Waals surface area contributed by atoms with Gasteiger partial charge >= 0.3 is 5.69 Å². The van der Waals surface area contributed by atoms with E-state index in [1.165, 1.54) is 16.8 Å². The summed E-state index contributed by atoms with van der Waals surface area (Å²) < 4.78 is 1.19. The fourth-order valence-corrected chi connectivity index (χ4v) is 2.07. The van der Waals surface area contributed by atoms with Crippen LogP contribution >= 0.6 is 0 Å². The van der Waals surface area contributed by atoms with Gasteiger partial charge in [-0.2, -0.15) is 0 Å². The Morgan fingerprint density at radius 3 is 2.40 bits per heavy atom. The summed E-state index contributed by atoms with van der Waals surface area (Å²) in [6.45, 7) is 5.72. The predicted octanol–water partition coefficient (Wildman–Crippen LogP) is 1.34. The molecule has 0 aliphatic carbocycles. The fourth-order valence-electron chi connectivity index (χ4n) is 2.07. The lowest BCUT2D eigenvalue weighted by molar-refractivity contribution is 0.0969. The zero-order chi connectivity index (χ0) is 14.9. The van der Waals surface area contributed by atoms with Gasteiger partial charge in [0, 0.05) is 17.8 Å². The quantitative estimate of drug-likeness (QED) is 0.857.